The summed E-state index contributed by atoms with van der Waals surface area (Å²) >= 11 is 0. The van der Waals surface area contributed by atoms with Crippen LogP contribution in [0.2, 0.25) is 0 Å². The van der Waals surface area contributed by atoms with Gasteiger partial charge in [0.15, 0.2) is 0 Å². The summed E-state index contributed by atoms with van der Waals surface area (Å²) in [6.45, 7) is 2.53. The molecule has 3 heteroatoms. The van der Waals surface area contributed by atoms with Crippen LogP contribution in [0.3, 0.4) is 0 Å². The van der Waals surface area contributed by atoms with E-state index in [1.807, 2.05) is 25.1 Å². The zero-order valence-corrected chi connectivity index (χ0v) is 6.59. The minimum absolute atomic E-state index is 0.514. The van der Waals surface area contributed by atoms with Crippen molar-refractivity contribution in [1.82, 2.24) is 0 Å². The fourth-order valence-corrected chi connectivity index (χ4v) is 1.00. The number of nitrogens with one attached hydrogen (secondary N) is 1. The second-order valence-corrected chi connectivity index (χ2v) is 2.51. The molecule has 0 aliphatic carbocycles. The molecule has 0 spiro atoms. The van der Waals surface area contributed by atoms with E-state index in [1.54, 1.807) is 0 Å². The molecule has 0 aliphatic rings. The molecule has 1 rings (SSSR count). The Hall–Kier alpha value is -1.06. The van der Waals surface area contributed by atoms with Crippen LogP contribution >= 0.6 is 0 Å². The number of hydrogen-bond acceptors (Lipinski definition) is 3. The fraction of sp³-hybridized carbons (Fsp3) is 0.250. The van der Waals surface area contributed by atoms with Crippen LogP contribution in [0.25, 0.3) is 0 Å². The second-order valence-electron chi connectivity index (χ2n) is 2.51. The Balaban J connectivity index is 3.06. The third-order valence-corrected chi connectivity index (χ3v) is 1.64. The summed E-state index contributed by atoms with van der Waals surface area (Å²) in [4.78, 5) is 0. The number of hydrazine groups is 1. The summed E-state index contributed by atoms with van der Waals surface area (Å²) in [5.74, 6) is 5.29. The first-order valence-electron chi connectivity index (χ1n) is 3.54. The molecule has 0 amide bonds. The number of nitrogens with two attached hydrogens (primary N) is 2. The Kier molecular flexibility index (Phi) is 2.46. The van der Waals surface area contributed by atoms with Gasteiger partial charge in [0.25, 0.3) is 0 Å². The lowest BCUT2D eigenvalue weighted by Crippen LogP contribution is -2.11. The van der Waals surface area contributed by atoms with E-state index >= 15 is 0 Å². The van der Waals surface area contributed by atoms with E-state index < -0.39 is 0 Å². The number of benzene rings is 1. The van der Waals surface area contributed by atoms with Gasteiger partial charge in [-0.15, -0.1) is 0 Å². The van der Waals surface area contributed by atoms with Crippen LogP contribution in [0.4, 0.5) is 5.69 Å². The quantitative estimate of drug-likeness (QED) is 0.431. The normalized spacial score (nSPS) is 9.73. The highest BCUT2D eigenvalue weighted by atomic mass is 15.2. The van der Waals surface area contributed by atoms with E-state index in [0.29, 0.717) is 6.54 Å². The van der Waals surface area contributed by atoms with Crippen molar-refractivity contribution in [3.8, 4) is 0 Å². The first-order valence-corrected chi connectivity index (χ1v) is 3.54. The van der Waals surface area contributed by atoms with Crippen LogP contribution in [0.5, 0.6) is 0 Å². The Morgan fingerprint density at radius 1 is 1.45 bits per heavy atom. The van der Waals surface area contributed by atoms with E-state index in [4.69, 9.17) is 11.6 Å². The van der Waals surface area contributed by atoms with Crippen molar-refractivity contribution < 1.29 is 0 Å². The Morgan fingerprint density at radius 3 is 2.73 bits per heavy atom. The molecule has 60 valence electrons. The Labute approximate surface area is 66.4 Å². The van der Waals surface area contributed by atoms with Crippen molar-refractivity contribution in [2.75, 3.05) is 5.43 Å². The standard InChI is InChI=1S/C8H13N3/c1-6-2-3-7(5-9)8(4-6)11-10/h2-4,11H,5,9-10H2,1H3. The number of hydrogen-bond donors (Lipinski definition) is 3. The number of nitrogen functional groups attached to an aromatic ring is 1. The van der Waals surface area contributed by atoms with Crippen LogP contribution in [0, 0.1) is 6.92 Å². The van der Waals surface area contributed by atoms with Crippen molar-refractivity contribution in [1.29, 1.82) is 0 Å². The zero-order chi connectivity index (χ0) is 8.27. The number of anilines is 1. The van der Waals surface area contributed by atoms with Crippen LogP contribution in [-0.4, -0.2) is 0 Å². The lowest BCUT2D eigenvalue weighted by molar-refractivity contribution is 1.06. The van der Waals surface area contributed by atoms with Gasteiger partial charge in [-0.25, -0.2) is 0 Å². The molecule has 0 aromatic heterocycles. The molecule has 11 heavy (non-hydrogen) atoms. The van der Waals surface area contributed by atoms with Gasteiger partial charge in [-0.1, -0.05) is 12.1 Å². The molecule has 0 saturated heterocycles. The van der Waals surface area contributed by atoms with Gasteiger partial charge in [-0.2, -0.15) is 0 Å². The summed E-state index contributed by atoms with van der Waals surface area (Å²) in [7, 11) is 0. The minimum Gasteiger partial charge on any atom is -0.326 e. The van der Waals surface area contributed by atoms with Crippen LogP contribution in [0.15, 0.2) is 18.2 Å². The maximum atomic E-state index is 5.48. The summed E-state index contributed by atoms with van der Waals surface area (Å²) in [6, 6.07) is 5.97. The summed E-state index contributed by atoms with van der Waals surface area (Å²) in [6.07, 6.45) is 0. The maximum absolute atomic E-state index is 5.48. The minimum atomic E-state index is 0.514. The molecule has 0 bridgehead atoms. The summed E-state index contributed by atoms with van der Waals surface area (Å²) in [5.41, 5.74) is 11.2. The monoisotopic (exact) mass is 151 g/mol. The summed E-state index contributed by atoms with van der Waals surface area (Å²) in [5, 5.41) is 0. The maximum Gasteiger partial charge on any atom is 0.0532 e. The fourth-order valence-electron chi connectivity index (χ4n) is 1.00. The first kappa shape index (κ1) is 8.04. The van der Waals surface area contributed by atoms with Gasteiger partial charge in [-0.05, 0) is 24.1 Å². The van der Waals surface area contributed by atoms with Gasteiger partial charge >= 0.3 is 0 Å². The van der Waals surface area contributed by atoms with Crippen LogP contribution < -0.4 is 17.0 Å². The molecular weight excluding hydrogens is 138 g/mol. The Morgan fingerprint density at radius 2 is 2.18 bits per heavy atom. The first-order chi connectivity index (χ1) is 5.27. The molecule has 0 radical (unpaired) electrons. The van der Waals surface area contributed by atoms with E-state index in [0.717, 1.165) is 11.3 Å². The van der Waals surface area contributed by atoms with Gasteiger partial charge < -0.3 is 11.2 Å². The van der Waals surface area contributed by atoms with Gasteiger partial charge in [0.1, 0.15) is 0 Å². The zero-order valence-electron chi connectivity index (χ0n) is 6.59. The predicted molar refractivity (Wildman–Crippen MR) is 46.9 cm³/mol. The number of aryl methyl sites for hydroxylation is 1. The third-order valence-electron chi connectivity index (χ3n) is 1.64. The van der Waals surface area contributed by atoms with Gasteiger partial charge in [0.2, 0.25) is 0 Å². The van der Waals surface area contributed by atoms with Gasteiger partial charge in [0, 0.05) is 6.54 Å². The van der Waals surface area contributed by atoms with Crippen molar-refractivity contribution in [3.05, 3.63) is 29.3 Å². The third kappa shape index (κ3) is 1.69. The highest BCUT2D eigenvalue weighted by Crippen LogP contribution is 2.15. The highest BCUT2D eigenvalue weighted by Gasteiger charge is 1.97. The molecular formula is C8H13N3. The van der Waals surface area contributed by atoms with E-state index in [-0.39, 0.29) is 0 Å². The van der Waals surface area contributed by atoms with Crippen molar-refractivity contribution >= 4 is 5.69 Å². The molecule has 0 unspecified atom stereocenters. The van der Waals surface area contributed by atoms with E-state index in [1.165, 1.54) is 5.56 Å². The second kappa shape index (κ2) is 3.37. The topological polar surface area (TPSA) is 64.1 Å². The van der Waals surface area contributed by atoms with Crippen molar-refractivity contribution in [2.45, 2.75) is 13.5 Å². The SMILES string of the molecule is Cc1ccc(CN)c(NN)c1. The molecule has 0 atom stereocenters. The average Bonchev–Trinajstić information content (AvgIpc) is 2.04. The Bertz CT molecular complexity index is 245. The van der Waals surface area contributed by atoms with Gasteiger partial charge in [0.05, 0.1) is 5.69 Å². The molecule has 3 nitrogen and oxygen atoms in total. The predicted octanol–water partition coefficient (Wildman–Crippen LogP) is 0.739. The largest absolute Gasteiger partial charge is 0.326 e. The molecule has 0 heterocycles. The van der Waals surface area contributed by atoms with Crippen molar-refractivity contribution in [2.24, 2.45) is 11.6 Å². The highest BCUT2D eigenvalue weighted by molar-refractivity contribution is 5.52. The van der Waals surface area contributed by atoms with E-state index in [9.17, 15) is 0 Å². The molecule has 0 fully saturated rings. The smallest absolute Gasteiger partial charge is 0.0532 e. The molecule has 0 aliphatic heterocycles. The number of rotatable bonds is 2. The van der Waals surface area contributed by atoms with E-state index in [2.05, 4.69) is 5.43 Å². The van der Waals surface area contributed by atoms with Gasteiger partial charge in [-0.3, -0.25) is 5.84 Å². The van der Waals surface area contributed by atoms with Crippen molar-refractivity contribution in [3.63, 3.8) is 0 Å². The molecule has 0 saturated carbocycles. The lowest BCUT2D eigenvalue weighted by Gasteiger charge is -2.06. The van der Waals surface area contributed by atoms with Crippen LogP contribution in [-0.2, 0) is 6.54 Å². The summed E-state index contributed by atoms with van der Waals surface area (Å²) < 4.78 is 0. The van der Waals surface area contributed by atoms with Crippen LogP contribution in [0.1, 0.15) is 11.1 Å². The lowest BCUT2D eigenvalue weighted by atomic mass is 10.1. The average molecular weight is 151 g/mol. The molecule has 5 N–H and O–H groups in total. The molecule has 1 aromatic rings. The molecule has 1 aromatic carbocycles.